The minimum absolute atomic E-state index is 0.670. The van der Waals surface area contributed by atoms with Gasteiger partial charge in [0, 0.05) is 11.6 Å². The Morgan fingerprint density at radius 1 is 1.27 bits per heavy atom. The minimum atomic E-state index is -5.18. The molecule has 4 nitrogen and oxygen atoms in total. The van der Waals surface area contributed by atoms with Gasteiger partial charge in [0.1, 0.15) is 0 Å². The highest BCUT2D eigenvalue weighted by Crippen LogP contribution is 2.16. The number of carbonyl (C=O) groups excluding carboxylic acids is 2. The zero-order chi connectivity index (χ0) is 12.3. The Morgan fingerprint density at radius 3 is 2.07 bits per heavy atom. The summed E-state index contributed by atoms with van der Waals surface area (Å²) in [6.07, 6.45) is -3.38. The fourth-order valence-electron chi connectivity index (χ4n) is 0.466. The molecule has 0 atom stereocenters. The van der Waals surface area contributed by atoms with Gasteiger partial charge in [-0.05, 0) is 13.8 Å². The fraction of sp³-hybridized carbons (Fsp3) is 0.500. The zero-order valence-corrected chi connectivity index (χ0v) is 8.09. The smallest absolute Gasteiger partial charge is 0.383 e. The van der Waals surface area contributed by atoms with Crippen molar-refractivity contribution in [2.45, 2.75) is 25.6 Å². The number of alkyl halides is 3. The molecule has 0 aliphatic carbocycles. The number of hydrogen-bond donors (Lipinski definition) is 1. The van der Waals surface area contributed by atoms with Gasteiger partial charge in [-0.1, -0.05) is 6.08 Å². The minimum Gasteiger partial charge on any atom is -0.383 e. The van der Waals surface area contributed by atoms with Gasteiger partial charge in [-0.25, -0.2) is 9.59 Å². The van der Waals surface area contributed by atoms with Gasteiger partial charge in [0.25, 0.3) is 0 Å². The summed E-state index contributed by atoms with van der Waals surface area (Å²) in [6, 6.07) is 0. The number of rotatable bonds is 2. The van der Waals surface area contributed by atoms with Crippen LogP contribution in [0.3, 0.4) is 0 Å². The molecule has 0 saturated heterocycles. The monoisotopic (exact) mass is 225 g/mol. The topological polar surface area (TPSA) is 69.4 Å². The normalized spacial score (nSPS) is 12.9. The fourth-order valence-corrected chi connectivity index (χ4v) is 0.466. The Hall–Kier alpha value is -1.37. The van der Waals surface area contributed by atoms with E-state index in [1.54, 1.807) is 0 Å². The first kappa shape index (κ1) is 13.6. The van der Waals surface area contributed by atoms with Gasteiger partial charge in [0.15, 0.2) is 0 Å². The van der Waals surface area contributed by atoms with E-state index in [2.05, 4.69) is 4.74 Å². The van der Waals surface area contributed by atoms with E-state index in [1.807, 2.05) is 0 Å². The SMILES string of the molecule is CC(C)(N)C=CC(=O)OC(=O)C(F)(F)F. The van der Waals surface area contributed by atoms with Gasteiger partial charge in [-0.2, -0.15) is 13.2 Å². The van der Waals surface area contributed by atoms with E-state index in [1.165, 1.54) is 13.8 Å². The second-order valence-corrected chi connectivity index (χ2v) is 3.36. The van der Waals surface area contributed by atoms with Crippen molar-refractivity contribution in [3.63, 3.8) is 0 Å². The van der Waals surface area contributed by atoms with Crippen molar-refractivity contribution in [2.24, 2.45) is 5.73 Å². The van der Waals surface area contributed by atoms with Crippen molar-refractivity contribution in [3.8, 4) is 0 Å². The maximum atomic E-state index is 11.6. The molecule has 2 N–H and O–H groups in total. The van der Waals surface area contributed by atoms with Gasteiger partial charge in [-0.15, -0.1) is 0 Å². The van der Waals surface area contributed by atoms with Crippen LogP contribution in [-0.2, 0) is 14.3 Å². The molecule has 0 radical (unpaired) electrons. The summed E-state index contributed by atoms with van der Waals surface area (Å²) < 4.78 is 38.3. The summed E-state index contributed by atoms with van der Waals surface area (Å²) in [6.45, 7) is 3.03. The van der Waals surface area contributed by atoms with E-state index in [4.69, 9.17) is 5.73 Å². The van der Waals surface area contributed by atoms with E-state index in [-0.39, 0.29) is 0 Å². The molecular formula is C8H10F3NO3. The first-order chi connectivity index (χ1) is 6.52. The second-order valence-electron chi connectivity index (χ2n) is 3.36. The highest BCUT2D eigenvalue weighted by molar-refractivity contribution is 5.94. The molecule has 0 aromatic rings. The van der Waals surface area contributed by atoms with Crippen molar-refractivity contribution in [2.75, 3.05) is 0 Å². The number of hydrogen-bond acceptors (Lipinski definition) is 4. The first-order valence-electron chi connectivity index (χ1n) is 3.83. The lowest BCUT2D eigenvalue weighted by molar-refractivity contribution is -0.200. The molecule has 0 aliphatic rings. The second kappa shape index (κ2) is 4.43. The molecule has 0 fully saturated rings. The van der Waals surface area contributed by atoms with Gasteiger partial charge >= 0.3 is 18.1 Å². The molecule has 0 heterocycles. The predicted molar refractivity (Wildman–Crippen MR) is 44.6 cm³/mol. The van der Waals surface area contributed by atoms with E-state index in [0.29, 0.717) is 6.08 Å². The van der Waals surface area contributed by atoms with E-state index in [9.17, 15) is 22.8 Å². The molecule has 0 saturated carbocycles. The number of carbonyl (C=O) groups is 2. The van der Waals surface area contributed by atoms with Crippen molar-refractivity contribution >= 4 is 11.9 Å². The maximum absolute atomic E-state index is 11.6. The largest absolute Gasteiger partial charge is 0.491 e. The van der Waals surface area contributed by atoms with Crippen LogP contribution >= 0.6 is 0 Å². The first-order valence-corrected chi connectivity index (χ1v) is 3.83. The summed E-state index contributed by atoms with van der Waals surface area (Å²) in [7, 11) is 0. The molecule has 0 aromatic carbocycles. The molecule has 0 aromatic heterocycles. The van der Waals surface area contributed by atoms with E-state index >= 15 is 0 Å². The van der Waals surface area contributed by atoms with Crippen LogP contribution in [0.2, 0.25) is 0 Å². The van der Waals surface area contributed by atoms with Crippen LogP contribution < -0.4 is 5.73 Å². The lowest BCUT2D eigenvalue weighted by Gasteiger charge is -2.11. The van der Waals surface area contributed by atoms with Crippen molar-refractivity contribution in [1.29, 1.82) is 0 Å². The van der Waals surface area contributed by atoms with Crippen LogP contribution in [0.5, 0.6) is 0 Å². The molecule has 0 spiro atoms. The average molecular weight is 225 g/mol. The summed E-state index contributed by atoms with van der Waals surface area (Å²) in [5.74, 6) is -3.96. The lowest BCUT2D eigenvalue weighted by atomic mass is 10.1. The predicted octanol–water partition coefficient (Wildman–Crippen LogP) is 0.912. The molecule has 15 heavy (non-hydrogen) atoms. The van der Waals surface area contributed by atoms with Crippen LogP contribution in [0.4, 0.5) is 13.2 Å². The average Bonchev–Trinajstić information content (AvgIpc) is 1.97. The van der Waals surface area contributed by atoms with E-state index < -0.39 is 23.7 Å². The Labute approximate surface area is 83.9 Å². The molecule has 0 rings (SSSR count). The van der Waals surface area contributed by atoms with Gasteiger partial charge in [-0.3, -0.25) is 0 Å². The highest BCUT2D eigenvalue weighted by Gasteiger charge is 2.42. The maximum Gasteiger partial charge on any atom is 0.491 e. The molecular weight excluding hydrogens is 215 g/mol. The van der Waals surface area contributed by atoms with Crippen LogP contribution in [0.25, 0.3) is 0 Å². The quantitative estimate of drug-likeness (QED) is 0.431. The van der Waals surface area contributed by atoms with Gasteiger partial charge in [0.2, 0.25) is 0 Å². The summed E-state index contributed by atoms with van der Waals surface area (Å²) in [4.78, 5) is 20.8. The Bertz CT molecular complexity index is 288. The third-order valence-corrected chi connectivity index (χ3v) is 1.07. The molecule has 0 aliphatic heterocycles. The molecule has 0 bridgehead atoms. The Morgan fingerprint density at radius 2 is 1.73 bits per heavy atom. The van der Waals surface area contributed by atoms with E-state index in [0.717, 1.165) is 6.08 Å². The van der Waals surface area contributed by atoms with Crippen LogP contribution in [-0.4, -0.2) is 23.7 Å². The molecule has 86 valence electrons. The molecule has 0 amide bonds. The standard InChI is InChI=1S/C8H10F3NO3/c1-7(2,12)4-3-5(13)15-6(14)8(9,10)11/h3-4H,12H2,1-2H3. The Balaban J connectivity index is 4.30. The molecule has 0 unspecified atom stereocenters. The number of ether oxygens (including phenoxy) is 1. The van der Waals surface area contributed by atoms with Crippen molar-refractivity contribution in [1.82, 2.24) is 0 Å². The van der Waals surface area contributed by atoms with Crippen molar-refractivity contribution in [3.05, 3.63) is 12.2 Å². The lowest BCUT2D eigenvalue weighted by Crippen LogP contribution is -2.30. The molecule has 7 heteroatoms. The Kier molecular flexibility index (Phi) is 4.03. The highest BCUT2D eigenvalue weighted by atomic mass is 19.4. The third kappa shape index (κ3) is 6.67. The summed E-state index contributed by atoms with van der Waals surface area (Å²) >= 11 is 0. The van der Waals surface area contributed by atoms with Gasteiger partial charge < -0.3 is 10.5 Å². The zero-order valence-electron chi connectivity index (χ0n) is 8.09. The van der Waals surface area contributed by atoms with Crippen LogP contribution in [0, 0.1) is 0 Å². The summed E-state index contributed by atoms with van der Waals surface area (Å²) in [5, 5.41) is 0. The number of nitrogens with two attached hydrogens (primary N) is 1. The third-order valence-electron chi connectivity index (χ3n) is 1.07. The van der Waals surface area contributed by atoms with Crippen LogP contribution in [0.15, 0.2) is 12.2 Å². The van der Waals surface area contributed by atoms with Crippen LogP contribution in [0.1, 0.15) is 13.8 Å². The van der Waals surface area contributed by atoms with Crippen molar-refractivity contribution < 1.29 is 27.5 Å². The summed E-state index contributed by atoms with van der Waals surface area (Å²) in [5.41, 5.74) is 4.52. The number of halogens is 3. The van der Waals surface area contributed by atoms with Gasteiger partial charge in [0.05, 0.1) is 0 Å². The number of esters is 2.